The van der Waals surface area contributed by atoms with Crippen molar-refractivity contribution in [3.05, 3.63) is 21.4 Å². The molecule has 0 aliphatic carbocycles. The molecule has 0 radical (unpaired) electrons. The number of aliphatic hydroxyl groups excluding tert-OH is 1. The first-order valence-corrected chi connectivity index (χ1v) is 5.81. The van der Waals surface area contributed by atoms with Crippen LogP contribution in [0.1, 0.15) is 27.8 Å². The first-order valence-electron chi connectivity index (χ1n) is 5.00. The third-order valence-electron chi connectivity index (χ3n) is 2.20. The van der Waals surface area contributed by atoms with Crippen LogP contribution in [0.15, 0.2) is 6.07 Å². The number of nitriles is 1. The van der Waals surface area contributed by atoms with Crippen molar-refractivity contribution >= 4 is 11.3 Å². The minimum absolute atomic E-state index is 0.160. The number of rotatable bonds is 5. The summed E-state index contributed by atoms with van der Waals surface area (Å²) in [7, 11) is 0. The van der Waals surface area contributed by atoms with Crippen LogP contribution in [0.2, 0.25) is 0 Å². The van der Waals surface area contributed by atoms with E-state index in [1.165, 1.54) is 9.75 Å². The van der Waals surface area contributed by atoms with E-state index in [1.54, 1.807) is 11.3 Å². The van der Waals surface area contributed by atoms with Crippen LogP contribution in [0.4, 0.5) is 0 Å². The molecule has 0 aromatic carbocycles. The fourth-order valence-electron chi connectivity index (χ4n) is 1.49. The largest absolute Gasteiger partial charge is 0.396 e. The monoisotopic (exact) mass is 224 g/mol. The first kappa shape index (κ1) is 12.2. The number of nitrogens with one attached hydrogen (secondary N) is 1. The van der Waals surface area contributed by atoms with Gasteiger partial charge in [0.1, 0.15) is 6.04 Å². The molecule has 1 heterocycles. The van der Waals surface area contributed by atoms with Crippen molar-refractivity contribution in [1.82, 2.24) is 5.32 Å². The summed E-state index contributed by atoms with van der Waals surface area (Å²) in [6.45, 7) is 4.91. The second-order valence-electron chi connectivity index (χ2n) is 3.46. The van der Waals surface area contributed by atoms with Crippen LogP contribution >= 0.6 is 11.3 Å². The maximum absolute atomic E-state index is 9.04. The molecule has 0 fully saturated rings. The predicted octanol–water partition coefficient (Wildman–Crippen LogP) is 1.90. The van der Waals surface area contributed by atoms with Gasteiger partial charge in [-0.05, 0) is 38.4 Å². The molecule has 1 aromatic heterocycles. The van der Waals surface area contributed by atoms with Crippen LogP contribution < -0.4 is 5.32 Å². The quantitative estimate of drug-likeness (QED) is 0.751. The van der Waals surface area contributed by atoms with Crippen LogP contribution in [0, 0.1) is 25.2 Å². The van der Waals surface area contributed by atoms with Gasteiger partial charge < -0.3 is 5.11 Å². The minimum Gasteiger partial charge on any atom is -0.396 e. The highest BCUT2D eigenvalue weighted by molar-refractivity contribution is 7.12. The Morgan fingerprint density at radius 2 is 2.33 bits per heavy atom. The number of thiophene rings is 1. The summed E-state index contributed by atoms with van der Waals surface area (Å²) in [6.07, 6.45) is 0.681. The topological polar surface area (TPSA) is 56.0 Å². The van der Waals surface area contributed by atoms with Gasteiger partial charge >= 0.3 is 0 Å². The van der Waals surface area contributed by atoms with E-state index in [1.807, 2.05) is 13.8 Å². The van der Waals surface area contributed by atoms with Crippen molar-refractivity contribution in [3.8, 4) is 6.07 Å². The van der Waals surface area contributed by atoms with Gasteiger partial charge in [-0.25, -0.2) is 0 Å². The van der Waals surface area contributed by atoms with E-state index in [4.69, 9.17) is 10.4 Å². The normalized spacial score (nSPS) is 12.4. The van der Waals surface area contributed by atoms with E-state index in [0.29, 0.717) is 13.0 Å². The van der Waals surface area contributed by atoms with Crippen molar-refractivity contribution in [3.63, 3.8) is 0 Å². The van der Waals surface area contributed by atoms with E-state index in [0.717, 1.165) is 5.56 Å². The minimum atomic E-state index is -0.249. The first-order chi connectivity index (χ1) is 7.19. The molecule has 1 aromatic rings. The molecule has 0 spiro atoms. The van der Waals surface area contributed by atoms with E-state index in [-0.39, 0.29) is 12.6 Å². The summed E-state index contributed by atoms with van der Waals surface area (Å²) >= 11 is 1.71. The molecule has 0 aliphatic heterocycles. The lowest BCUT2D eigenvalue weighted by Gasteiger charge is -2.10. The zero-order valence-electron chi connectivity index (χ0n) is 9.08. The summed E-state index contributed by atoms with van der Waals surface area (Å²) in [5.41, 5.74) is 1.07. The molecular weight excluding hydrogens is 208 g/mol. The van der Waals surface area contributed by atoms with Gasteiger partial charge in [-0.3, -0.25) is 5.32 Å². The fraction of sp³-hybridized carbons (Fsp3) is 0.545. The highest BCUT2D eigenvalue weighted by Crippen LogP contribution is 2.25. The summed E-state index contributed by atoms with van der Waals surface area (Å²) in [5.74, 6) is 0. The third-order valence-corrected chi connectivity index (χ3v) is 3.18. The molecule has 0 amide bonds. The number of nitrogens with zero attached hydrogens (tertiary/aromatic N) is 1. The number of aliphatic hydroxyl groups is 1. The standard InChI is InChI=1S/C11H16N2OS/c1-8-6-10(9(2)15-8)11(7-12)13-4-3-5-14/h6,11,13-14H,3-5H2,1-2H3. The molecule has 1 atom stereocenters. The van der Waals surface area contributed by atoms with E-state index >= 15 is 0 Å². The van der Waals surface area contributed by atoms with Gasteiger partial charge in [-0.15, -0.1) is 11.3 Å². The lowest BCUT2D eigenvalue weighted by atomic mass is 10.1. The van der Waals surface area contributed by atoms with Crippen LogP contribution in [0.3, 0.4) is 0 Å². The molecule has 82 valence electrons. The molecule has 0 saturated heterocycles. The van der Waals surface area contributed by atoms with Crippen molar-refractivity contribution in [2.24, 2.45) is 0 Å². The molecule has 3 nitrogen and oxygen atoms in total. The Bertz CT molecular complexity index is 354. The summed E-state index contributed by atoms with van der Waals surface area (Å²) in [4.78, 5) is 2.42. The van der Waals surface area contributed by atoms with Gasteiger partial charge in [0, 0.05) is 16.4 Å². The highest BCUT2D eigenvalue weighted by atomic mass is 32.1. The molecule has 1 rings (SSSR count). The molecular formula is C11H16N2OS. The van der Waals surface area contributed by atoms with Gasteiger partial charge in [-0.1, -0.05) is 0 Å². The maximum atomic E-state index is 9.04. The Labute approximate surface area is 94.4 Å². The second-order valence-corrected chi connectivity index (χ2v) is 4.92. The molecule has 0 aliphatic rings. The average molecular weight is 224 g/mol. The summed E-state index contributed by atoms with van der Waals surface area (Å²) < 4.78 is 0. The van der Waals surface area contributed by atoms with Gasteiger partial charge in [0.2, 0.25) is 0 Å². The Balaban J connectivity index is 2.67. The zero-order valence-corrected chi connectivity index (χ0v) is 9.90. The summed E-state index contributed by atoms with van der Waals surface area (Å²) in [6, 6.07) is 4.05. The Morgan fingerprint density at radius 1 is 1.60 bits per heavy atom. The molecule has 15 heavy (non-hydrogen) atoms. The van der Waals surface area contributed by atoms with Crippen LogP contribution in [0.5, 0.6) is 0 Å². The lowest BCUT2D eigenvalue weighted by molar-refractivity contribution is 0.285. The lowest BCUT2D eigenvalue weighted by Crippen LogP contribution is -2.21. The third kappa shape index (κ3) is 3.31. The molecule has 4 heteroatoms. The van der Waals surface area contributed by atoms with Gasteiger partial charge in [0.25, 0.3) is 0 Å². The van der Waals surface area contributed by atoms with E-state index in [2.05, 4.69) is 17.5 Å². The highest BCUT2D eigenvalue weighted by Gasteiger charge is 2.14. The molecule has 1 unspecified atom stereocenters. The molecule has 0 saturated carbocycles. The molecule has 2 N–H and O–H groups in total. The Kier molecular flexibility index (Phi) is 4.76. The maximum Gasteiger partial charge on any atom is 0.122 e. The van der Waals surface area contributed by atoms with Gasteiger partial charge in [0.05, 0.1) is 6.07 Å². The van der Waals surface area contributed by atoms with Crippen LogP contribution in [-0.2, 0) is 0 Å². The SMILES string of the molecule is Cc1cc(C(C#N)NCCCO)c(C)s1. The van der Waals surface area contributed by atoms with Gasteiger partial charge in [0.15, 0.2) is 0 Å². The van der Waals surface area contributed by atoms with Crippen LogP contribution in [0.25, 0.3) is 0 Å². The van der Waals surface area contributed by atoms with Crippen molar-refractivity contribution in [2.75, 3.05) is 13.2 Å². The number of hydrogen-bond donors (Lipinski definition) is 2. The average Bonchev–Trinajstić information content (AvgIpc) is 2.53. The zero-order chi connectivity index (χ0) is 11.3. The van der Waals surface area contributed by atoms with Crippen LogP contribution in [-0.4, -0.2) is 18.3 Å². The predicted molar refractivity (Wildman–Crippen MR) is 61.9 cm³/mol. The summed E-state index contributed by atoms with van der Waals surface area (Å²) in [5, 5.41) is 20.8. The Hall–Kier alpha value is -0.890. The Morgan fingerprint density at radius 3 is 2.80 bits per heavy atom. The van der Waals surface area contributed by atoms with Gasteiger partial charge in [-0.2, -0.15) is 5.26 Å². The molecule has 0 bridgehead atoms. The number of aryl methyl sites for hydroxylation is 2. The van der Waals surface area contributed by atoms with Crippen molar-refractivity contribution in [1.29, 1.82) is 5.26 Å². The second kappa shape index (κ2) is 5.86. The van der Waals surface area contributed by atoms with Crippen molar-refractivity contribution in [2.45, 2.75) is 26.3 Å². The van der Waals surface area contributed by atoms with E-state index in [9.17, 15) is 0 Å². The fourth-order valence-corrected chi connectivity index (χ4v) is 2.45. The van der Waals surface area contributed by atoms with E-state index < -0.39 is 0 Å². The number of hydrogen-bond acceptors (Lipinski definition) is 4. The smallest absolute Gasteiger partial charge is 0.122 e. The van der Waals surface area contributed by atoms with Crippen molar-refractivity contribution < 1.29 is 5.11 Å².